The van der Waals surface area contributed by atoms with Crippen molar-refractivity contribution in [2.75, 3.05) is 25.6 Å². The van der Waals surface area contributed by atoms with Crippen molar-refractivity contribution >= 4 is 69.1 Å². The number of aromatic carboxylic acids is 1. The Balaban J connectivity index is 0.00000562. The predicted octanol–water partition coefficient (Wildman–Crippen LogP) is 6.67. The van der Waals surface area contributed by atoms with Crippen molar-refractivity contribution in [3.63, 3.8) is 0 Å². The average Bonchev–Trinajstić information content (AvgIpc) is 3.10. The van der Waals surface area contributed by atoms with Crippen LogP contribution in [0.15, 0.2) is 138 Å². The second kappa shape index (κ2) is 16.8. The summed E-state index contributed by atoms with van der Waals surface area (Å²) >= 11 is 1.54. The second-order valence-corrected chi connectivity index (χ2v) is 12.0. The minimum absolute atomic E-state index is 0. The summed E-state index contributed by atoms with van der Waals surface area (Å²) in [7, 11) is 3.37. The molecule has 0 saturated heterocycles. The minimum atomic E-state index is -1.25. The smallest absolute Gasteiger partial charge is 0.507 e. The van der Waals surface area contributed by atoms with E-state index in [1.807, 2.05) is 43.3 Å². The number of azo groups is 3. The minimum Gasteiger partial charge on any atom is -0.507 e. The van der Waals surface area contributed by atoms with Crippen LogP contribution in [0.2, 0.25) is 0 Å². The predicted molar refractivity (Wildman–Crippen MR) is 189 cm³/mol. The molecule has 0 atom stereocenters. The number of hydrogen-bond acceptors (Lipinski definition) is 12. The van der Waals surface area contributed by atoms with Crippen molar-refractivity contribution in [2.24, 2.45) is 30.7 Å². The number of carbonyl (C=O) groups excluding carboxylic acids is 1. The van der Waals surface area contributed by atoms with Crippen molar-refractivity contribution in [1.82, 2.24) is 4.90 Å². The number of anilines is 2. The first kappa shape index (κ1) is 37.4. The third-order valence-corrected chi connectivity index (χ3v) is 8.04. The molecule has 0 bridgehead atoms. The Morgan fingerprint density at radius 2 is 1.14 bits per heavy atom. The number of amides is 1. The maximum absolute atomic E-state index is 12.1. The van der Waals surface area contributed by atoms with E-state index >= 15 is 0 Å². The Morgan fingerprint density at radius 3 is 1.68 bits per heavy atom. The Kier molecular flexibility index (Phi) is 12.6. The Bertz CT molecular complexity index is 2100. The van der Waals surface area contributed by atoms with Crippen molar-refractivity contribution in [3.05, 3.63) is 114 Å². The topological polar surface area (TPSA) is 204 Å². The van der Waals surface area contributed by atoms with E-state index in [9.17, 15) is 14.7 Å². The zero-order valence-electron chi connectivity index (χ0n) is 27.6. The number of carboxylic acid groups (broad SMARTS) is 1. The first-order valence-electron chi connectivity index (χ1n) is 14.7. The molecular weight excluding hydrogens is 666 g/mol. The van der Waals surface area contributed by atoms with Crippen molar-refractivity contribution in [2.45, 2.75) is 16.7 Å². The third-order valence-electron chi connectivity index (χ3n) is 7.02. The standard InChI is InChI=1S/C35H31N9O4S.Na/c1-20-18-29(32(37)33(31(20)36)43-40-22-6-4-21(5-7-22)34(46)44(2)3)42-39-24-10-15-27(16-11-24)49-26-13-8-23(9-14-26)38-41-25-12-17-30(45)28(19-25)35(47)48;/h4-19,45H,36-37H2,1-3H3,(H,47,48);/q;+1. The quantitative estimate of drug-likeness (QED) is 0.0709. The van der Waals surface area contributed by atoms with Gasteiger partial charge in [0.1, 0.15) is 22.7 Å². The molecule has 5 aromatic carbocycles. The van der Waals surface area contributed by atoms with Crippen molar-refractivity contribution < 1.29 is 49.4 Å². The number of nitrogens with two attached hydrogens (primary N) is 2. The maximum Gasteiger partial charge on any atom is 1.00 e. The summed E-state index contributed by atoms with van der Waals surface area (Å²) in [6.45, 7) is 1.82. The first-order valence-corrected chi connectivity index (χ1v) is 15.5. The molecule has 5 rings (SSSR count). The van der Waals surface area contributed by atoms with Crippen LogP contribution in [-0.4, -0.2) is 41.1 Å². The van der Waals surface area contributed by atoms with Gasteiger partial charge in [-0.2, -0.15) is 20.5 Å². The van der Waals surface area contributed by atoms with Gasteiger partial charge in [-0.1, -0.05) is 11.8 Å². The fourth-order valence-electron chi connectivity index (χ4n) is 4.32. The molecule has 246 valence electrons. The van der Waals surface area contributed by atoms with Gasteiger partial charge in [-0.05, 0) is 110 Å². The summed E-state index contributed by atoms with van der Waals surface area (Å²) in [4.78, 5) is 26.8. The molecule has 0 fully saturated rings. The number of carbonyl (C=O) groups is 2. The number of nitrogen functional groups attached to an aromatic ring is 2. The molecule has 6 N–H and O–H groups in total. The van der Waals surface area contributed by atoms with Gasteiger partial charge in [-0.15, -0.1) is 10.2 Å². The number of aromatic hydroxyl groups is 1. The molecule has 0 saturated carbocycles. The van der Waals surface area contributed by atoms with Crippen molar-refractivity contribution in [1.29, 1.82) is 0 Å². The summed E-state index contributed by atoms with van der Waals surface area (Å²) in [6, 6.07) is 27.4. The average molecular weight is 697 g/mol. The largest absolute Gasteiger partial charge is 1.00 e. The van der Waals surface area contributed by atoms with Gasteiger partial charge in [0.25, 0.3) is 5.91 Å². The van der Waals surface area contributed by atoms with Crippen LogP contribution < -0.4 is 41.0 Å². The molecule has 13 nitrogen and oxygen atoms in total. The van der Waals surface area contributed by atoms with E-state index in [4.69, 9.17) is 16.6 Å². The van der Waals surface area contributed by atoms with E-state index < -0.39 is 5.97 Å². The van der Waals surface area contributed by atoms with Crippen molar-refractivity contribution in [3.8, 4) is 5.75 Å². The van der Waals surface area contributed by atoms with Gasteiger partial charge in [-0.3, -0.25) is 4.79 Å². The van der Waals surface area contributed by atoms with Gasteiger partial charge >= 0.3 is 35.5 Å². The molecular formula is C35H31N9NaO4S+. The Morgan fingerprint density at radius 1 is 0.660 bits per heavy atom. The second-order valence-electron chi connectivity index (χ2n) is 10.8. The van der Waals surface area contributed by atoms with Crippen LogP contribution >= 0.6 is 11.8 Å². The van der Waals surface area contributed by atoms with E-state index in [-0.39, 0.29) is 58.2 Å². The third kappa shape index (κ3) is 9.39. The van der Waals surface area contributed by atoms with Crippen LogP contribution in [0.1, 0.15) is 26.3 Å². The van der Waals surface area contributed by atoms with E-state index in [0.717, 1.165) is 15.4 Å². The molecule has 0 aliphatic heterocycles. The number of carboxylic acids is 1. The van der Waals surface area contributed by atoms with Crippen LogP contribution in [0, 0.1) is 6.92 Å². The molecule has 0 spiro atoms. The van der Waals surface area contributed by atoms with E-state index in [1.165, 1.54) is 23.1 Å². The van der Waals surface area contributed by atoms with E-state index in [2.05, 4.69) is 30.7 Å². The van der Waals surface area contributed by atoms with Crippen LogP contribution in [0.25, 0.3) is 0 Å². The van der Waals surface area contributed by atoms with E-state index in [1.54, 1.807) is 68.3 Å². The van der Waals surface area contributed by atoms with Gasteiger partial charge in [0.15, 0.2) is 0 Å². The molecule has 0 radical (unpaired) electrons. The molecule has 0 heterocycles. The Labute approximate surface area is 314 Å². The molecule has 0 aromatic heterocycles. The molecule has 50 heavy (non-hydrogen) atoms. The summed E-state index contributed by atoms with van der Waals surface area (Å²) in [5, 5.41) is 44.3. The number of aryl methyl sites for hydroxylation is 1. The molecule has 1 amide bonds. The zero-order chi connectivity index (χ0) is 35.1. The van der Waals surface area contributed by atoms with Gasteiger partial charge in [0.05, 0.1) is 34.1 Å². The van der Waals surface area contributed by atoms with Crippen LogP contribution in [0.5, 0.6) is 5.75 Å². The summed E-state index contributed by atoms with van der Waals surface area (Å²) in [5.74, 6) is -1.69. The zero-order valence-corrected chi connectivity index (χ0v) is 30.5. The van der Waals surface area contributed by atoms with Gasteiger partial charge in [-0.25, -0.2) is 4.79 Å². The fraction of sp³-hybridized carbons (Fsp3) is 0.0857. The SMILES string of the molecule is Cc1cc(N=Nc2ccc(Sc3ccc(N=Nc4ccc(O)c(C(=O)O)c4)cc3)cc2)c(N)c(N=Nc2ccc(C(=O)N(C)C)cc2)c1N.[Na+]. The molecule has 15 heteroatoms. The first-order chi connectivity index (χ1) is 23.5. The Hall–Kier alpha value is -5.41. The van der Waals surface area contributed by atoms with Gasteiger partial charge in [0.2, 0.25) is 0 Å². The summed E-state index contributed by atoms with van der Waals surface area (Å²) < 4.78 is 0. The number of rotatable bonds is 10. The molecule has 0 unspecified atom stereocenters. The van der Waals surface area contributed by atoms with Crippen LogP contribution in [0.3, 0.4) is 0 Å². The summed E-state index contributed by atoms with van der Waals surface area (Å²) in [5.41, 5.74) is 17.0. The van der Waals surface area contributed by atoms with E-state index in [0.29, 0.717) is 39.7 Å². The number of hydrogen-bond donors (Lipinski definition) is 4. The number of nitrogens with zero attached hydrogens (tertiary/aromatic N) is 7. The monoisotopic (exact) mass is 696 g/mol. The molecule has 0 aliphatic carbocycles. The van der Waals surface area contributed by atoms with Crippen LogP contribution in [-0.2, 0) is 0 Å². The van der Waals surface area contributed by atoms with Crippen LogP contribution in [0.4, 0.5) is 45.5 Å². The van der Waals surface area contributed by atoms with Gasteiger partial charge < -0.3 is 26.6 Å². The number of phenols is 1. The fourth-order valence-corrected chi connectivity index (χ4v) is 5.14. The molecule has 5 aromatic rings. The normalized spacial score (nSPS) is 11.3. The summed E-state index contributed by atoms with van der Waals surface area (Å²) in [6.07, 6.45) is 0. The molecule has 0 aliphatic rings. The number of benzene rings is 5. The van der Waals surface area contributed by atoms with Gasteiger partial charge in [0, 0.05) is 29.4 Å². The maximum atomic E-state index is 12.1.